The molecule has 1 unspecified atom stereocenters. The molecule has 86 valence electrons. The highest BCUT2D eigenvalue weighted by molar-refractivity contribution is 5.77. The minimum Gasteiger partial charge on any atom is -0.330 e. The van der Waals surface area contributed by atoms with Gasteiger partial charge in [-0.25, -0.2) is 4.79 Å². The van der Waals surface area contributed by atoms with Gasteiger partial charge >= 0.3 is 6.03 Å². The van der Waals surface area contributed by atoms with Gasteiger partial charge in [0.25, 0.3) is 0 Å². The summed E-state index contributed by atoms with van der Waals surface area (Å²) in [6.45, 7) is 0.744. The van der Waals surface area contributed by atoms with E-state index in [1.807, 2.05) is 0 Å². The molecule has 0 bridgehead atoms. The van der Waals surface area contributed by atoms with Crippen LogP contribution < -0.4 is 22.1 Å². The molecule has 6 N–H and O–H groups in total. The van der Waals surface area contributed by atoms with E-state index in [9.17, 15) is 4.79 Å². The molecule has 1 rings (SSSR count). The van der Waals surface area contributed by atoms with Gasteiger partial charge in [-0.05, 0) is 31.9 Å². The number of nitrogens with one attached hydrogen (secondary N) is 2. The van der Waals surface area contributed by atoms with Crippen LogP contribution >= 0.6 is 0 Å². The number of hydrogen-bond acceptors (Lipinski definition) is 3. The first-order valence-electron chi connectivity index (χ1n) is 5.42. The number of hydrogen-bond donors (Lipinski definition) is 4. The van der Waals surface area contributed by atoms with Crippen LogP contribution in [0.3, 0.4) is 0 Å². The smallest absolute Gasteiger partial charge is 0.320 e. The highest BCUT2D eigenvalue weighted by atomic mass is 16.2. The second-order valence-corrected chi connectivity index (χ2v) is 3.93. The molecule has 1 heterocycles. The Morgan fingerprint density at radius 2 is 2.00 bits per heavy atom. The molecule has 0 radical (unpaired) electrons. The number of carbonyl (C=O) groups excluding carboxylic acids is 1. The molecule has 0 aromatic carbocycles. The minimum atomic E-state index is -0.676. The zero-order valence-corrected chi connectivity index (χ0v) is 8.96. The number of amides is 2. The van der Waals surface area contributed by atoms with E-state index < -0.39 is 5.66 Å². The third kappa shape index (κ3) is 4.31. The van der Waals surface area contributed by atoms with Crippen molar-refractivity contribution in [3.05, 3.63) is 12.3 Å². The molecule has 1 aliphatic heterocycles. The summed E-state index contributed by atoms with van der Waals surface area (Å²) in [5.74, 6) is 0. The fraction of sp³-hybridized carbons (Fsp3) is 0.700. The van der Waals surface area contributed by atoms with E-state index in [-0.39, 0.29) is 6.03 Å². The van der Waals surface area contributed by atoms with Gasteiger partial charge in [0.15, 0.2) is 0 Å². The molecule has 1 aliphatic rings. The molecule has 0 aromatic rings. The molecule has 0 fully saturated rings. The highest BCUT2D eigenvalue weighted by Gasteiger charge is 2.25. The van der Waals surface area contributed by atoms with Crippen molar-refractivity contribution in [1.29, 1.82) is 0 Å². The average molecular weight is 212 g/mol. The zero-order chi connectivity index (χ0) is 11.1. The van der Waals surface area contributed by atoms with Crippen LogP contribution in [-0.2, 0) is 0 Å². The van der Waals surface area contributed by atoms with Crippen LogP contribution in [-0.4, -0.2) is 18.2 Å². The lowest BCUT2D eigenvalue weighted by Gasteiger charge is -2.30. The topological polar surface area (TPSA) is 93.2 Å². The molecule has 2 amide bonds. The normalized spacial score (nSPS) is 24.8. The SMILES string of the molecule is NCCCCCCC1(N)C=CNC(=O)N1. The van der Waals surface area contributed by atoms with Crippen molar-refractivity contribution in [2.24, 2.45) is 11.5 Å². The molecular weight excluding hydrogens is 192 g/mol. The Bertz CT molecular complexity index is 242. The quantitative estimate of drug-likeness (QED) is 0.479. The molecule has 0 saturated carbocycles. The van der Waals surface area contributed by atoms with Crippen molar-refractivity contribution in [3.63, 3.8) is 0 Å². The fourth-order valence-electron chi connectivity index (χ4n) is 1.62. The van der Waals surface area contributed by atoms with Crippen LogP contribution in [0.15, 0.2) is 12.3 Å². The maximum Gasteiger partial charge on any atom is 0.320 e. The van der Waals surface area contributed by atoms with Gasteiger partial charge < -0.3 is 22.1 Å². The van der Waals surface area contributed by atoms with Crippen LogP contribution in [0.4, 0.5) is 4.79 Å². The summed E-state index contributed by atoms with van der Waals surface area (Å²) >= 11 is 0. The number of unbranched alkanes of at least 4 members (excludes halogenated alkanes) is 3. The second-order valence-electron chi connectivity index (χ2n) is 3.93. The molecule has 0 aromatic heterocycles. The monoisotopic (exact) mass is 212 g/mol. The Labute approximate surface area is 90.3 Å². The summed E-state index contributed by atoms with van der Waals surface area (Å²) in [5, 5.41) is 5.22. The first-order valence-corrected chi connectivity index (χ1v) is 5.42. The second kappa shape index (κ2) is 5.72. The van der Waals surface area contributed by atoms with E-state index in [1.54, 1.807) is 12.3 Å². The van der Waals surface area contributed by atoms with Crippen molar-refractivity contribution >= 4 is 6.03 Å². The summed E-state index contributed by atoms with van der Waals surface area (Å²) in [6.07, 6.45) is 8.44. The van der Waals surface area contributed by atoms with Crippen LogP contribution in [0.5, 0.6) is 0 Å². The minimum absolute atomic E-state index is 0.234. The summed E-state index contributed by atoms with van der Waals surface area (Å²) < 4.78 is 0. The van der Waals surface area contributed by atoms with Gasteiger partial charge in [-0.15, -0.1) is 0 Å². The summed E-state index contributed by atoms with van der Waals surface area (Å²) in [7, 11) is 0. The highest BCUT2D eigenvalue weighted by Crippen LogP contribution is 2.13. The predicted molar refractivity (Wildman–Crippen MR) is 59.9 cm³/mol. The van der Waals surface area contributed by atoms with E-state index in [0.29, 0.717) is 0 Å². The number of rotatable bonds is 6. The number of carbonyl (C=O) groups is 1. The van der Waals surface area contributed by atoms with E-state index in [1.165, 1.54) is 0 Å². The maximum absolute atomic E-state index is 11.0. The summed E-state index contributed by atoms with van der Waals surface area (Å²) in [5.41, 5.74) is 10.7. The van der Waals surface area contributed by atoms with Gasteiger partial charge in [0.1, 0.15) is 5.66 Å². The first-order chi connectivity index (χ1) is 7.16. The van der Waals surface area contributed by atoms with Gasteiger partial charge in [-0.2, -0.15) is 0 Å². The third-order valence-corrected chi connectivity index (χ3v) is 2.49. The lowest BCUT2D eigenvalue weighted by molar-refractivity contribution is 0.229. The molecule has 0 aliphatic carbocycles. The molecular formula is C10H20N4O. The van der Waals surface area contributed by atoms with E-state index in [0.717, 1.165) is 38.6 Å². The van der Waals surface area contributed by atoms with Crippen LogP contribution in [0, 0.1) is 0 Å². The number of nitrogens with two attached hydrogens (primary N) is 2. The lowest BCUT2D eigenvalue weighted by atomic mass is 10.0. The molecule has 0 saturated heterocycles. The lowest BCUT2D eigenvalue weighted by Crippen LogP contribution is -2.59. The van der Waals surface area contributed by atoms with E-state index >= 15 is 0 Å². The molecule has 0 spiro atoms. The molecule has 15 heavy (non-hydrogen) atoms. The van der Waals surface area contributed by atoms with Crippen LogP contribution in [0.1, 0.15) is 32.1 Å². The van der Waals surface area contributed by atoms with Gasteiger partial charge in [0.05, 0.1) is 0 Å². The maximum atomic E-state index is 11.0. The Kier molecular flexibility index (Phi) is 4.58. The Hall–Kier alpha value is -1.07. The van der Waals surface area contributed by atoms with Crippen molar-refractivity contribution in [3.8, 4) is 0 Å². The van der Waals surface area contributed by atoms with Crippen molar-refractivity contribution < 1.29 is 4.79 Å². The average Bonchev–Trinajstić information content (AvgIpc) is 2.17. The van der Waals surface area contributed by atoms with Crippen LogP contribution in [0.2, 0.25) is 0 Å². The van der Waals surface area contributed by atoms with Gasteiger partial charge in [0, 0.05) is 6.20 Å². The van der Waals surface area contributed by atoms with Gasteiger partial charge in [-0.3, -0.25) is 0 Å². The number of urea groups is 1. The standard InChI is InChI=1S/C10H20N4O/c11-7-4-2-1-3-5-10(12)6-8-13-9(15)14-10/h6,8H,1-5,7,11-12H2,(H2,13,14,15). The Balaban J connectivity index is 2.21. The summed E-state index contributed by atoms with van der Waals surface area (Å²) in [4.78, 5) is 11.0. The Morgan fingerprint density at radius 1 is 1.27 bits per heavy atom. The van der Waals surface area contributed by atoms with Gasteiger partial charge in [0.2, 0.25) is 0 Å². The van der Waals surface area contributed by atoms with E-state index in [4.69, 9.17) is 11.5 Å². The fourth-order valence-corrected chi connectivity index (χ4v) is 1.62. The van der Waals surface area contributed by atoms with Crippen molar-refractivity contribution in [2.45, 2.75) is 37.8 Å². The largest absolute Gasteiger partial charge is 0.330 e. The molecule has 5 heteroatoms. The van der Waals surface area contributed by atoms with Crippen molar-refractivity contribution in [1.82, 2.24) is 10.6 Å². The summed E-state index contributed by atoms with van der Waals surface area (Å²) in [6, 6.07) is -0.234. The third-order valence-electron chi connectivity index (χ3n) is 2.49. The van der Waals surface area contributed by atoms with Gasteiger partial charge in [-0.1, -0.05) is 12.8 Å². The first kappa shape index (κ1) is 12.0. The van der Waals surface area contributed by atoms with Crippen molar-refractivity contribution in [2.75, 3.05) is 6.54 Å². The predicted octanol–water partition coefficient (Wildman–Crippen LogP) is 0.377. The molecule has 5 nitrogen and oxygen atoms in total. The molecule has 1 atom stereocenters. The zero-order valence-electron chi connectivity index (χ0n) is 8.96. The Morgan fingerprint density at radius 3 is 2.67 bits per heavy atom. The van der Waals surface area contributed by atoms with E-state index in [2.05, 4.69) is 10.6 Å². The van der Waals surface area contributed by atoms with Crippen LogP contribution in [0.25, 0.3) is 0 Å².